The zero-order chi connectivity index (χ0) is 14.7. The minimum Gasteiger partial charge on any atom is -0.409 e. The number of piperidine rings is 1. The van der Waals surface area contributed by atoms with Gasteiger partial charge in [0.25, 0.3) is 0 Å². The first-order valence-corrected chi connectivity index (χ1v) is 7.43. The number of nitrogens with zero attached hydrogens (tertiary/aromatic N) is 2. The van der Waals surface area contributed by atoms with Gasteiger partial charge in [-0.3, -0.25) is 0 Å². The van der Waals surface area contributed by atoms with Crippen molar-refractivity contribution >= 4 is 23.1 Å². The van der Waals surface area contributed by atoms with E-state index in [4.69, 9.17) is 22.5 Å². The van der Waals surface area contributed by atoms with E-state index in [9.17, 15) is 0 Å². The summed E-state index contributed by atoms with van der Waals surface area (Å²) in [7, 11) is 0. The molecule has 0 atom stereocenters. The molecule has 0 aliphatic carbocycles. The summed E-state index contributed by atoms with van der Waals surface area (Å²) in [6.07, 6.45) is 2.35. The molecule has 4 nitrogen and oxygen atoms in total. The van der Waals surface area contributed by atoms with Gasteiger partial charge in [0.05, 0.1) is 0 Å². The third kappa shape index (κ3) is 3.18. The smallest absolute Gasteiger partial charge is 0.172 e. The molecule has 0 unspecified atom stereocenters. The van der Waals surface area contributed by atoms with Crippen LogP contribution in [0.3, 0.4) is 0 Å². The predicted octanol–water partition coefficient (Wildman–Crippen LogP) is 3.31. The molecule has 0 saturated carbocycles. The zero-order valence-electron chi connectivity index (χ0n) is 12.0. The van der Waals surface area contributed by atoms with Gasteiger partial charge in [-0.25, -0.2) is 0 Å². The summed E-state index contributed by atoms with van der Waals surface area (Å²) in [4.78, 5) is 2.29. The molecule has 1 fully saturated rings. The zero-order valence-corrected chi connectivity index (χ0v) is 12.8. The Morgan fingerprint density at radius 2 is 2.05 bits per heavy atom. The van der Waals surface area contributed by atoms with Crippen molar-refractivity contribution in [2.24, 2.45) is 22.7 Å². The van der Waals surface area contributed by atoms with E-state index < -0.39 is 0 Å². The van der Waals surface area contributed by atoms with Gasteiger partial charge in [-0.2, -0.15) is 0 Å². The van der Waals surface area contributed by atoms with E-state index in [0.717, 1.165) is 30.6 Å². The van der Waals surface area contributed by atoms with Crippen LogP contribution in [0.5, 0.6) is 0 Å². The second-order valence-electron chi connectivity index (χ2n) is 5.72. The van der Waals surface area contributed by atoms with Crippen molar-refractivity contribution in [3.05, 3.63) is 28.8 Å². The van der Waals surface area contributed by atoms with E-state index in [1.54, 1.807) is 6.07 Å². The highest BCUT2D eigenvalue weighted by Gasteiger charge is 2.23. The highest BCUT2D eigenvalue weighted by atomic mass is 35.5. The third-order valence-corrected chi connectivity index (χ3v) is 4.40. The van der Waals surface area contributed by atoms with E-state index >= 15 is 0 Å². The van der Waals surface area contributed by atoms with E-state index in [2.05, 4.69) is 23.9 Å². The lowest BCUT2D eigenvalue weighted by molar-refractivity contribution is 0.311. The molecule has 3 N–H and O–H groups in total. The molecule has 0 spiro atoms. The number of benzene rings is 1. The summed E-state index contributed by atoms with van der Waals surface area (Å²) >= 11 is 6.01. The fourth-order valence-electron chi connectivity index (χ4n) is 2.85. The van der Waals surface area contributed by atoms with Crippen LogP contribution in [0.15, 0.2) is 23.4 Å². The van der Waals surface area contributed by atoms with Crippen LogP contribution >= 0.6 is 11.6 Å². The van der Waals surface area contributed by atoms with Crippen molar-refractivity contribution in [3.8, 4) is 0 Å². The summed E-state index contributed by atoms with van der Waals surface area (Å²) in [6, 6.07) is 5.55. The van der Waals surface area contributed by atoms with Gasteiger partial charge in [-0.15, -0.1) is 0 Å². The van der Waals surface area contributed by atoms with Gasteiger partial charge in [-0.1, -0.05) is 30.6 Å². The van der Waals surface area contributed by atoms with Crippen molar-refractivity contribution in [3.63, 3.8) is 0 Å². The maximum absolute atomic E-state index is 8.92. The summed E-state index contributed by atoms with van der Waals surface area (Å²) in [5.74, 6) is 1.62. The van der Waals surface area contributed by atoms with Crippen LogP contribution in [-0.4, -0.2) is 24.1 Å². The van der Waals surface area contributed by atoms with E-state index in [0.29, 0.717) is 10.6 Å². The normalized spacial score (nSPS) is 17.8. The lowest BCUT2D eigenvalue weighted by Crippen LogP contribution is -2.36. The van der Waals surface area contributed by atoms with Crippen LogP contribution in [0.25, 0.3) is 0 Å². The molecular weight excluding hydrogens is 274 g/mol. The Kier molecular flexibility index (Phi) is 4.76. The van der Waals surface area contributed by atoms with Crippen LogP contribution in [-0.2, 0) is 0 Å². The van der Waals surface area contributed by atoms with Crippen LogP contribution < -0.4 is 10.6 Å². The largest absolute Gasteiger partial charge is 0.409 e. The molecule has 5 heteroatoms. The fourth-order valence-corrected chi connectivity index (χ4v) is 3.02. The molecule has 1 aromatic rings. The van der Waals surface area contributed by atoms with Gasteiger partial charge >= 0.3 is 0 Å². The van der Waals surface area contributed by atoms with Crippen LogP contribution in [0.4, 0.5) is 5.69 Å². The molecule has 110 valence electrons. The van der Waals surface area contributed by atoms with Gasteiger partial charge < -0.3 is 15.8 Å². The summed E-state index contributed by atoms with van der Waals surface area (Å²) < 4.78 is 0. The lowest BCUT2D eigenvalue weighted by atomic mass is 9.86. The van der Waals surface area contributed by atoms with Crippen molar-refractivity contribution in [2.75, 3.05) is 18.0 Å². The van der Waals surface area contributed by atoms with Crippen molar-refractivity contribution in [1.29, 1.82) is 0 Å². The van der Waals surface area contributed by atoms with Gasteiger partial charge in [0.2, 0.25) is 0 Å². The molecule has 0 aromatic heterocycles. The quantitative estimate of drug-likeness (QED) is 0.389. The Bertz CT molecular complexity index is 494. The molecule has 1 heterocycles. The third-order valence-electron chi connectivity index (χ3n) is 4.17. The van der Waals surface area contributed by atoms with E-state index in [1.165, 1.54) is 12.8 Å². The van der Waals surface area contributed by atoms with Crippen molar-refractivity contribution < 1.29 is 5.21 Å². The molecular formula is C15H22ClN3O. The maximum atomic E-state index is 8.92. The maximum Gasteiger partial charge on any atom is 0.172 e. The molecule has 0 amide bonds. The van der Waals surface area contributed by atoms with Crippen molar-refractivity contribution in [1.82, 2.24) is 0 Å². The first-order valence-electron chi connectivity index (χ1n) is 7.05. The molecule has 1 saturated heterocycles. The summed E-state index contributed by atoms with van der Waals surface area (Å²) in [5, 5.41) is 12.6. The molecule has 1 aliphatic rings. The highest BCUT2D eigenvalue weighted by molar-refractivity contribution is 6.31. The fraction of sp³-hybridized carbons (Fsp3) is 0.533. The first-order chi connectivity index (χ1) is 9.52. The first kappa shape index (κ1) is 15.0. The van der Waals surface area contributed by atoms with Gasteiger partial charge in [0.1, 0.15) is 0 Å². The van der Waals surface area contributed by atoms with E-state index in [-0.39, 0.29) is 5.84 Å². The number of anilines is 1. The van der Waals surface area contributed by atoms with Gasteiger partial charge in [0.15, 0.2) is 5.84 Å². The van der Waals surface area contributed by atoms with E-state index in [1.807, 2.05) is 12.1 Å². The number of oxime groups is 1. The van der Waals surface area contributed by atoms with Crippen LogP contribution in [0.2, 0.25) is 5.02 Å². The van der Waals surface area contributed by atoms with Crippen LogP contribution in [0.1, 0.15) is 32.3 Å². The second kappa shape index (κ2) is 6.35. The van der Waals surface area contributed by atoms with Crippen LogP contribution in [0, 0.1) is 11.8 Å². The molecule has 20 heavy (non-hydrogen) atoms. The Morgan fingerprint density at radius 3 is 2.60 bits per heavy atom. The Morgan fingerprint density at radius 1 is 1.40 bits per heavy atom. The predicted molar refractivity (Wildman–Crippen MR) is 83.7 cm³/mol. The monoisotopic (exact) mass is 295 g/mol. The topological polar surface area (TPSA) is 61.8 Å². The average molecular weight is 296 g/mol. The second-order valence-corrected chi connectivity index (χ2v) is 6.15. The number of hydrogen-bond acceptors (Lipinski definition) is 3. The number of hydrogen-bond donors (Lipinski definition) is 2. The standard InChI is InChI=1S/C15H22ClN3O/c1-10(2)11-5-7-19(8-6-11)14-4-3-12(16)9-13(14)15(17)18-20/h3-4,9-11,20H,5-8H2,1-2H3,(H2,17,18). The Balaban J connectivity index is 2.22. The molecule has 0 radical (unpaired) electrons. The van der Waals surface area contributed by atoms with Crippen molar-refractivity contribution in [2.45, 2.75) is 26.7 Å². The number of nitrogens with two attached hydrogens (primary N) is 1. The highest BCUT2D eigenvalue weighted by Crippen LogP contribution is 2.31. The Hall–Kier alpha value is -1.42. The lowest BCUT2D eigenvalue weighted by Gasteiger charge is -2.36. The SMILES string of the molecule is CC(C)C1CCN(c2ccc(Cl)cc2/C(N)=N/O)CC1. The summed E-state index contributed by atoms with van der Waals surface area (Å²) in [6.45, 7) is 6.56. The number of rotatable bonds is 3. The van der Waals surface area contributed by atoms with Gasteiger partial charge in [0, 0.05) is 29.4 Å². The number of amidine groups is 1. The number of halogens is 1. The molecule has 0 bridgehead atoms. The Labute approximate surface area is 125 Å². The molecule has 2 rings (SSSR count). The summed E-state index contributed by atoms with van der Waals surface area (Å²) in [5.41, 5.74) is 7.45. The minimum absolute atomic E-state index is 0.105. The van der Waals surface area contributed by atoms with Gasteiger partial charge in [-0.05, 0) is 42.9 Å². The minimum atomic E-state index is 0.105. The molecule has 1 aromatic carbocycles. The molecule has 1 aliphatic heterocycles. The average Bonchev–Trinajstić information content (AvgIpc) is 2.46.